The minimum absolute atomic E-state index is 0.273. The van der Waals surface area contributed by atoms with E-state index in [0.29, 0.717) is 22.8 Å². The van der Waals surface area contributed by atoms with Crippen LogP contribution in [-0.2, 0) is 9.59 Å². The number of aliphatic carboxylic acids is 1. The summed E-state index contributed by atoms with van der Waals surface area (Å²) in [6.07, 6.45) is 3.93. The highest BCUT2D eigenvalue weighted by Gasteiger charge is 2.40. The maximum atomic E-state index is 12.7. The van der Waals surface area contributed by atoms with Crippen LogP contribution in [0.25, 0.3) is 6.08 Å². The number of amides is 1. The molecule has 0 bridgehead atoms. The first-order valence-electron chi connectivity index (χ1n) is 7.11. The molecule has 1 atom stereocenters. The molecule has 1 heterocycles. The average Bonchev–Trinajstić information content (AvgIpc) is 2.83. The van der Waals surface area contributed by atoms with Gasteiger partial charge in [0.1, 0.15) is 16.1 Å². The van der Waals surface area contributed by atoms with E-state index in [0.717, 1.165) is 17.3 Å². The van der Waals surface area contributed by atoms with Crippen LogP contribution in [0.3, 0.4) is 0 Å². The van der Waals surface area contributed by atoms with Crippen LogP contribution >= 0.6 is 35.7 Å². The number of hydrogen-bond donors (Lipinski definition) is 1. The minimum atomic E-state index is -1.04. The molecule has 1 unspecified atom stereocenters. The van der Waals surface area contributed by atoms with Crippen molar-refractivity contribution in [1.29, 1.82) is 0 Å². The lowest BCUT2D eigenvalue weighted by Crippen LogP contribution is -2.44. The second kappa shape index (κ2) is 8.55. The van der Waals surface area contributed by atoms with Crippen LogP contribution < -0.4 is 4.74 Å². The number of thioether (sulfide) groups is 2. The molecule has 1 aliphatic heterocycles. The Bertz CT molecular complexity index is 690. The van der Waals surface area contributed by atoms with Gasteiger partial charge in [-0.3, -0.25) is 9.69 Å². The van der Waals surface area contributed by atoms with E-state index in [9.17, 15) is 14.7 Å². The largest absolute Gasteiger partial charge is 0.496 e. The molecule has 1 N–H and O–H groups in total. The van der Waals surface area contributed by atoms with Crippen molar-refractivity contribution in [3.8, 4) is 5.75 Å². The van der Waals surface area contributed by atoms with Crippen molar-refractivity contribution in [3.63, 3.8) is 0 Å². The van der Waals surface area contributed by atoms with Crippen molar-refractivity contribution < 1.29 is 19.4 Å². The summed E-state index contributed by atoms with van der Waals surface area (Å²) in [6.45, 7) is 0. The Labute approximate surface area is 154 Å². The number of para-hydroxylation sites is 1. The van der Waals surface area contributed by atoms with Gasteiger partial charge in [-0.05, 0) is 30.6 Å². The van der Waals surface area contributed by atoms with Crippen molar-refractivity contribution in [2.75, 3.05) is 19.1 Å². The summed E-state index contributed by atoms with van der Waals surface area (Å²) in [6, 6.07) is 6.37. The van der Waals surface area contributed by atoms with Crippen LogP contribution in [0, 0.1) is 0 Å². The van der Waals surface area contributed by atoms with Crippen LogP contribution in [0.4, 0.5) is 0 Å². The Morgan fingerprint density at radius 2 is 2.21 bits per heavy atom. The molecular formula is C16H17NO4S3. The van der Waals surface area contributed by atoms with Crippen molar-refractivity contribution in [2.45, 2.75) is 12.5 Å². The molecular weight excluding hydrogens is 366 g/mol. The molecule has 24 heavy (non-hydrogen) atoms. The lowest BCUT2D eigenvalue weighted by molar-refractivity contribution is -0.145. The average molecular weight is 384 g/mol. The van der Waals surface area contributed by atoms with Gasteiger partial charge in [0.25, 0.3) is 5.91 Å². The van der Waals surface area contributed by atoms with Crippen LogP contribution in [0.1, 0.15) is 12.0 Å². The SMILES string of the molecule is COc1ccccc1/C=C1\SC(=S)N(C(CCSC)C(=O)O)C1=O. The first kappa shape index (κ1) is 18.8. The fourth-order valence-corrected chi connectivity index (χ4v) is 4.07. The first-order valence-corrected chi connectivity index (χ1v) is 9.73. The summed E-state index contributed by atoms with van der Waals surface area (Å²) >= 11 is 7.90. The lowest BCUT2D eigenvalue weighted by atomic mass is 10.1. The van der Waals surface area contributed by atoms with Gasteiger partial charge in [0, 0.05) is 5.56 Å². The van der Waals surface area contributed by atoms with Crippen molar-refractivity contribution in [3.05, 3.63) is 34.7 Å². The highest BCUT2D eigenvalue weighted by molar-refractivity contribution is 8.26. The Morgan fingerprint density at radius 3 is 2.83 bits per heavy atom. The van der Waals surface area contributed by atoms with E-state index < -0.39 is 12.0 Å². The van der Waals surface area contributed by atoms with Gasteiger partial charge in [-0.15, -0.1) is 0 Å². The highest BCUT2D eigenvalue weighted by atomic mass is 32.2. The van der Waals surface area contributed by atoms with Gasteiger partial charge in [-0.2, -0.15) is 11.8 Å². The molecule has 128 valence electrons. The van der Waals surface area contributed by atoms with Crippen molar-refractivity contribution >= 4 is 58.0 Å². The van der Waals surface area contributed by atoms with E-state index in [-0.39, 0.29) is 10.2 Å². The quantitative estimate of drug-likeness (QED) is 0.573. The van der Waals surface area contributed by atoms with Crippen molar-refractivity contribution in [1.82, 2.24) is 4.90 Å². The number of carbonyl (C=O) groups is 2. The van der Waals surface area contributed by atoms with Gasteiger partial charge >= 0.3 is 5.97 Å². The van der Waals surface area contributed by atoms with Gasteiger partial charge < -0.3 is 9.84 Å². The predicted octanol–water partition coefficient (Wildman–Crippen LogP) is 3.10. The second-order valence-electron chi connectivity index (χ2n) is 4.93. The molecule has 8 heteroatoms. The summed E-state index contributed by atoms with van der Waals surface area (Å²) in [5.41, 5.74) is 0.747. The maximum absolute atomic E-state index is 12.7. The topological polar surface area (TPSA) is 66.8 Å². The Balaban J connectivity index is 2.30. The molecule has 0 aliphatic carbocycles. The van der Waals surface area contributed by atoms with Gasteiger partial charge in [-0.25, -0.2) is 4.79 Å². The van der Waals surface area contributed by atoms with E-state index in [4.69, 9.17) is 17.0 Å². The van der Waals surface area contributed by atoms with Gasteiger partial charge in [0.15, 0.2) is 0 Å². The number of ether oxygens (including phenoxy) is 1. The molecule has 1 fully saturated rings. The van der Waals surface area contributed by atoms with E-state index in [1.54, 1.807) is 19.3 Å². The number of nitrogens with zero attached hydrogens (tertiary/aromatic N) is 1. The normalized spacial score (nSPS) is 17.4. The lowest BCUT2D eigenvalue weighted by Gasteiger charge is -2.22. The van der Waals surface area contributed by atoms with Crippen LogP contribution in [0.5, 0.6) is 5.75 Å². The van der Waals surface area contributed by atoms with E-state index in [1.807, 2.05) is 24.5 Å². The minimum Gasteiger partial charge on any atom is -0.496 e. The summed E-state index contributed by atoms with van der Waals surface area (Å²) < 4.78 is 5.55. The van der Waals surface area contributed by atoms with E-state index >= 15 is 0 Å². The number of carboxylic acid groups (broad SMARTS) is 1. The van der Waals surface area contributed by atoms with Crippen LogP contribution in [-0.4, -0.2) is 51.4 Å². The number of rotatable bonds is 7. The number of carbonyl (C=O) groups excluding carboxylic acids is 1. The van der Waals surface area contributed by atoms with Gasteiger partial charge in [0.05, 0.1) is 12.0 Å². The monoisotopic (exact) mass is 383 g/mol. The third-order valence-electron chi connectivity index (χ3n) is 3.44. The molecule has 0 radical (unpaired) electrons. The zero-order valence-electron chi connectivity index (χ0n) is 13.2. The van der Waals surface area contributed by atoms with Gasteiger partial charge in [0.2, 0.25) is 0 Å². The highest BCUT2D eigenvalue weighted by Crippen LogP contribution is 2.36. The number of thiocarbonyl (C=S) groups is 1. The molecule has 1 aromatic rings. The number of benzene rings is 1. The molecule has 1 amide bonds. The third kappa shape index (κ3) is 4.12. The zero-order chi connectivity index (χ0) is 17.7. The number of methoxy groups -OCH3 is 1. The third-order valence-corrected chi connectivity index (χ3v) is 5.42. The molecule has 1 saturated heterocycles. The molecule has 0 spiro atoms. The van der Waals surface area contributed by atoms with E-state index in [2.05, 4.69) is 0 Å². The fraction of sp³-hybridized carbons (Fsp3) is 0.312. The Morgan fingerprint density at radius 1 is 1.50 bits per heavy atom. The smallest absolute Gasteiger partial charge is 0.326 e. The summed E-state index contributed by atoms with van der Waals surface area (Å²) in [5, 5.41) is 9.44. The van der Waals surface area contributed by atoms with E-state index in [1.165, 1.54) is 16.7 Å². The summed E-state index contributed by atoms with van der Waals surface area (Å²) in [5.74, 6) is -0.136. The summed E-state index contributed by atoms with van der Waals surface area (Å²) in [4.78, 5) is 25.8. The Kier molecular flexibility index (Phi) is 6.70. The standard InChI is InChI=1S/C16H17NO4S3/c1-21-12-6-4-3-5-10(12)9-13-14(18)17(16(22)24-13)11(15(19)20)7-8-23-2/h3-6,9,11H,7-8H2,1-2H3,(H,19,20)/b13-9-. The predicted molar refractivity (Wildman–Crippen MR) is 102 cm³/mol. The molecule has 5 nitrogen and oxygen atoms in total. The summed E-state index contributed by atoms with van der Waals surface area (Å²) in [7, 11) is 1.56. The molecule has 1 aliphatic rings. The Hall–Kier alpha value is -1.51. The second-order valence-corrected chi connectivity index (χ2v) is 7.59. The molecule has 2 rings (SSSR count). The fourth-order valence-electron chi connectivity index (χ4n) is 2.27. The van der Waals surface area contributed by atoms with Gasteiger partial charge in [-0.1, -0.05) is 42.2 Å². The number of hydrogen-bond acceptors (Lipinski definition) is 6. The molecule has 0 aromatic heterocycles. The number of carboxylic acids is 1. The van der Waals surface area contributed by atoms with Crippen molar-refractivity contribution in [2.24, 2.45) is 0 Å². The maximum Gasteiger partial charge on any atom is 0.326 e. The molecule has 1 aromatic carbocycles. The van der Waals surface area contributed by atoms with Crippen LogP contribution in [0.15, 0.2) is 29.2 Å². The first-order chi connectivity index (χ1) is 11.5. The zero-order valence-corrected chi connectivity index (χ0v) is 15.7. The molecule has 0 saturated carbocycles. The van der Waals surface area contributed by atoms with Crippen LogP contribution in [0.2, 0.25) is 0 Å².